The van der Waals surface area contributed by atoms with Crippen LogP contribution in [0.2, 0.25) is 5.15 Å². The number of nitrogens with one attached hydrogen (secondary N) is 1. The first-order valence-corrected chi connectivity index (χ1v) is 7.24. The zero-order valence-electron chi connectivity index (χ0n) is 13.0. The van der Waals surface area contributed by atoms with Crippen molar-refractivity contribution in [3.8, 4) is 0 Å². The number of carbonyl (C=O) groups is 1. The van der Waals surface area contributed by atoms with Crippen molar-refractivity contribution in [1.29, 1.82) is 0 Å². The Morgan fingerprint density at radius 1 is 1.33 bits per heavy atom. The highest BCUT2D eigenvalue weighted by Gasteiger charge is 2.16. The largest absolute Gasteiger partial charge is 0.382 e. The van der Waals surface area contributed by atoms with Crippen LogP contribution < -0.4 is 33.3 Å². The van der Waals surface area contributed by atoms with Crippen molar-refractivity contribution in [2.45, 2.75) is 13.5 Å². The van der Waals surface area contributed by atoms with E-state index >= 15 is 0 Å². The molecule has 7 N–H and O–H groups in total. The average Bonchev–Trinajstić information content (AvgIpc) is 2.81. The Labute approximate surface area is 142 Å². The molecule has 0 aliphatic rings. The summed E-state index contributed by atoms with van der Waals surface area (Å²) in [4.78, 5) is 24.1. The quantitative estimate of drug-likeness (QED) is 0.512. The van der Waals surface area contributed by atoms with Gasteiger partial charge in [0.2, 0.25) is 0 Å². The van der Waals surface area contributed by atoms with Crippen LogP contribution in [0.15, 0.2) is 12.2 Å². The predicted octanol–water partition coefficient (Wildman–Crippen LogP) is -1.10. The van der Waals surface area contributed by atoms with Crippen LogP contribution in [0.4, 0.5) is 11.6 Å². The van der Waals surface area contributed by atoms with Crippen molar-refractivity contribution in [1.82, 2.24) is 24.9 Å². The lowest BCUT2D eigenvalue weighted by atomic mass is 10.3. The van der Waals surface area contributed by atoms with Gasteiger partial charge in [0.15, 0.2) is 22.5 Å². The van der Waals surface area contributed by atoms with Gasteiger partial charge < -0.3 is 22.6 Å². The number of allylic oxidation sites excluding steroid dienone is 2. The van der Waals surface area contributed by atoms with Crippen molar-refractivity contribution in [2.24, 2.45) is 0 Å². The highest BCUT2D eigenvalue weighted by Crippen LogP contribution is 2.17. The second-order valence-corrected chi connectivity index (χ2v) is 5.10. The van der Waals surface area contributed by atoms with Gasteiger partial charge in [-0.3, -0.25) is 4.79 Å². The first-order chi connectivity index (χ1) is 11.3. The second kappa shape index (κ2) is 7.01. The Hall–Kier alpha value is -3.07. The van der Waals surface area contributed by atoms with Crippen LogP contribution in [0.1, 0.15) is 23.2 Å². The Morgan fingerprint density at radius 2 is 2.04 bits per heavy atom. The number of aromatic nitrogens is 4. The van der Waals surface area contributed by atoms with Crippen LogP contribution >= 0.6 is 11.6 Å². The van der Waals surface area contributed by atoms with Gasteiger partial charge in [0, 0.05) is 0 Å². The summed E-state index contributed by atoms with van der Waals surface area (Å²) >= 11 is 5.76. The van der Waals surface area contributed by atoms with E-state index in [1.807, 2.05) is 19.1 Å². The van der Waals surface area contributed by atoms with Crippen molar-refractivity contribution in [3.63, 3.8) is 0 Å². The molecule has 0 spiro atoms. The number of hydrogen-bond acceptors (Lipinski definition) is 7. The molecule has 0 saturated carbocycles. The maximum atomic E-state index is 12.2. The summed E-state index contributed by atoms with van der Waals surface area (Å²) in [6.07, 6.45) is 5.43. The Morgan fingerprint density at radius 3 is 2.71 bits per heavy atom. The fraction of sp³-hybridized carbons (Fsp3) is 0.143. The fourth-order valence-corrected chi connectivity index (χ4v) is 1.96. The van der Waals surface area contributed by atoms with E-state index in [0.29, 0.717) is 16.5 Å². The van der Waals surface area contributed by atoms with E-state index in [0.717, 1.165) is 0 Å². The number of rotatable bonds is 4. The lowest BCUT2D eigenvalue weighted by molar-refractivity contribution is 0.0945. The van der Waals surface area contributed by atoms with Crippen LogP contribution in [-0.2, 0) is 6.54 Å². The van der Waals surface area contributed by atoms with E-state index < -0.39 is 5.91 Å². The number of amides is 1. The second-order valence-electron chi connectivity index (χ2n) is 4.74. The minimum absolute atomic E-state index is 0.0463. The molecule has 126 valence electrons. The minimum Gasteiger partial charge on any atom is -0.382 e. The molecule has 0 fully saturated rings. The van der Waals surface area contributed by atoms with Gasteiger partial charge in [0.1, 0.15) is 5.82 Å². The summed E-state index contributed by atoms with van der Waals surface area (Å²) in [5, 5.41) is 3.62. The van der Waals surface area contributed by atoms with E-state index in [-0.39, 0.29) is 29.0 Å². The Bertz CT molecular complexity index is 918. The van der Waals surface area contributed by atoms with Crippen LogP contribution in [-0.4, -0.2) is 25.5 Å². The van der Waals surface area contributed by atoms with E-state index in [2.05, 4.69) is 26.8 Å². The molecule has 0 saturated heterocycles. The first-order valence-electron chi connectivity index (χ1n) is 6.86. The van der Waals surface area contributed by atoms with Gasteiger partial charge in [-0.1, -0.05) is 30.3 Å². The van der Waals surface area contributed by atoms with Crippen molar-refractivity contribution in [2.75, 3.05) is 17.3 Å². The van der Waals surface area contributed by atoms with Crippen LogP contribution in [0.25, 0.3) is 12.7 Å². The van der Waals surface area contributed by atoms with Crippen LogP contribution in [0.3, 0.4) is 0 Å². The maximum absolute atomic E-state index is 12.2. The first kappa shape index (κ1) is 17.3. The summed E-state index contributed by atoms with van der Waals surface area (Å²) in [6.45, 7) is 5.76. The number of nitrogen functional groups attached to an aromatic ring is 3. The average molecular weight is 349 g/mol. The molecule has 0 aromatic carbocycles. The lowest BCUT2D eigenvalue weighted by Crippen LogP contribution is -2.34. The Balaban J connectivity index is 2.21. The van der Waals surface area contributed by atoms with Crippen molar-refractivity contribution < 1.29 is 4.79 Å². The highest BCUT2D eigenvalue weighted by molar-refractivity contribution is 6.31. The summed E-state index contributed by atoms with van der Waals surface area (Å²) in [5.41, 5.74) is 11.0. The predicted molar refractivity (Wildman–Crippen MR) is 93.5 cm³/mol. The van der Waals surface area contributed by atoms with Crippen LogP contribution in [0.5, 0.6) is 0 Å². The molecular formula is C14H17ClN8O. The van der Waals surface area contributed by atoms with E-state index in [1.54, 1.807) is 6.08 Å². The monoisotopic (exact) mass is 348 g/mol. The maximum Gasteiger partial charge on any atom is 0.274 e. The summed E-state index contributed by atoms with van der Waals surface area (Å²) in [6, 6.07) is 0. The van der Waals surface area contributed by atoms with Crippen molar-refractivity contribution >= 4 is 41.8 Å². The molecule has 0 unspecified atom stereocenters. The smallest absolute Gasteiger partial charge is 0.274 e. The van der Waals surface area contributed by atoms with Gasteiger partial charge in [-0.2, -0.15) is 0 Å². The third-order valence-electron chi connectivity index (χ3n) is 3.09. The summed E-state index contributed by atoms with van der Waals surface area (Å²) < 4.78 is 1.29. The zero-order chi connectivity index (χ0) is 17.9. The standard InChI is InChI=1S/C14H17ClN8O/c1-3-4-5-8-7(2)23(18)9(20-8)6-19-14(24)10-12(16)22-13(17)11(15)21-10/h3-5H,2,6,18H2,1H3,(H,19,24)(H4,16,17,22). The number of carbonyl (C=O) groups excluding carboxylic acids is 1. The summed E-state index contributed by atoms with van der Waals surface area (Å²) in [5.74, 6) is 5.55. The molecule has 0 bridgehead atoms. The Kier molecular flexibility index (Phi) is 5.05. The SMILES string of the molecule is C=c1c(=CC=CC)nc(CNC(=O)c2nc(Cl)c(N)nc2N)n1N. The molecular weight excluding hydrogens is 332 g/mol. The zero-order valence-corrected chi connectivity index (χ0v) is 13.7. The van der Waals surface area contributed by atoms with Gasteiger partial charge >= 0.3 is 0 Å². The van der Waals surface area contributed by atoms with Crippen LogP contribution in [0, 0.1) is 0 Å². The molecule has 1 amide bonds. The minimum atomic E-state index is -0.575. The van der Waals surface area contributed by atoms with Crippen molar-refractivity contribution in [3.05, 3.63) is 39.5 Å². The molecule has 9 nitrogen and oxygen atoms in total. The van der Waals surface area contributed by atoms with Gasteiger partial charge in [0.25, 0.3) is 5.91 Å². The van der Waals surface area contributed by atoms with Gasteiger partial charge in [-0.05, 0) is 13.0 Å². The molecule has 0 radical (unpaired) electrons. The number of anilines is 2. The highest BCUT2D eigenvalue weighted by atomic mass is 35.5. The van der Waals surface area contributed by atoms with E-state index in [4.69, 9.17) is 28.9 Å². The normalized spacial score (nSPS) is 12.0. The van der Waals surface area contributed by atoms with Gasteiger partial charge in [-0.15, -0.1) is 0 Å². The molecule has 2 heterocycles. The molecule has 0 aliphatic carbocycles. The lowest BCUT2D eigenvalue weighted by Gasteiger charge is -2.07. The summed E-state index contributed by atoms with van der Waals surface area (Å²) in [7, 11) is 0. The topological polar surface area (TPSA) is 151 Å². The van der Waals surface area contributed by atoms with E-state index in [1.165, 1.54) is 4.68 Å². The molecule has 2 aromatic rings. The van der Waals surface area contributed by atoms with Gasteiger partial charge in [0.05, 0.1) is 17.2 Å². The molecule has 24 heavy (non-hydrogen) atoms. The number of nitrogens with two attached hydrogens (primary N) is 3. The molecule has 0 aliphatic heterocycles. The third-order valence-corrected chi connectivity index (χ3v) is 3.37. The van der Waals surface area contributed by atoms with Gasteiger partial charge in [-0.25, -0.2) is 19.6 Å². The molecule has 2 rings (SSSR count). The number of imidazole rings is 1. The number of hydrogen-bond donors (Lipinski definition) is 4. The molecule has 10 heteroatoms. The molecule has 0 atom stereocenters. The van der Waals surface area contributed by atoms with E-state index in [9.17, 15) is 4.79 Å². The number of halogens is 1. The number of nitrogens with zero attached hydrogens (tertiary/aromatic N) is 4. The fourth-order valence-electron chi connectivity index (χ4n) is 1.83. The molecule has 2 aromatic heterocycles. The third kappa shape index (κ3) is 3.46.